The largest absolute Gasteiger partial charge is 0.422 e. The molecule has 0 saturated heterocycles. The fourth-order valence-corrected chi connectivity index (χ4v) is 4.02. The van der Waals surface area contributed by atoms with Gasteiger partial charge >= 0.3 is 5.63 Å². The van der Waals surface area contributed by atoms with Crippen molar-refractivity contribution in [2.75, 3.05) is 0 Å². The summed E-state index contributed by atoms with van der Waals surface area (Å²) in [6, 6.07) is 14.4. The monoisotopic (exact) mass is 400 g/mol. The number of amides is 1. The molecular formula is C20H20N2O5S. The number of sulfonamides is 1. The van der Waals surface area contributed by atoms with Crippen molar-refractivity contribution in [3.63, 3.8) is 0 Å². The molecule has 0 bridgehead atoms. The van der Waals surface area contributed by atoms with E-state index in [4.69, 9.17) is 4.42 Å². The molecule has 1 amide bonds. The van der Waals surface area contributed by atoms with E-state index in [9.17, 15) is 18.0 Å². The molecule has 0 fully saturated rings. The normalized spacial score (nSPS) is 11.7. The van der Waals surface area contributed by atoms with Crippen molar-refractivity contribution in [2.24, 2.45) is 0 Å². The van der Waals surface area contributed by atoms with Crippen LogP contribution in [0.2, 0.25) is 0 Å². The predicted molar refractivity (Wildman–Crippen MR) is 106 cm³/mol. The fraction of sp³-hybridized carbons (Fsp3) is 0.200. The molecule has 8 heteroatoms. The van der Waals surface area contributed by atoms with Gasteiger partial charge in [0.2, 0.25) is 10.0 Å². The zero-order valence-corrected chi connectivity index (χ0v) is 16.2. The standard InChI is InChI=1S/C20H20N2O5S/c1-13(2)22-28(25,26)16-8-5-6-14(10-16)12-21-19(23)17-11-15-7-3-4-9-18(15)27-20(17)24/h3-11,13,22H,12H2,1-2H3,(H,21,23). The zero-order valence-electron chi connectivity index (χ0n) is 15.4. The Morgan fingerprint density at radius 1 is 1.07 bits per heavy atom. The van der Waals surface area contributed by atoms with Gasteiger partial charge in [0.15, 0.2) is 0 Å². The Hall–Kier alpha value is -2.97. The van der Waals surface area contributed by atoms with E-state index in [0.29, 0.717) is 16.5 Å². The first-order valence-electron chi connectivity index (χ1n) is 8.68. The van der Waals surface area contributed by atoms with Gasteiger partial charge < -0.3 is 9.73 Å². The van der Waals surface area contributed by atoms with Gasteiger partial charge in [-0.15, -0.1) is 0 Å². The molecule has 0 unspecified atom stereocenters. The Morgan fingerprint density at radius 3 is 2.57 bits per heavy atom. The lowest BCUT2D eigenvalue weighted by atomic mass is 10.1. The second-order valence-corrected chi connectivity index (χ2v) is 8.31. The maximum Gasteiger partial charge on any atom is 0.349 e. The van der Waals surface area contributed by atoms with Gasteiger partial charge in [-0.2, -0.15) is 0 Å². The van der Waals surface area contributed by atoms with Gasteiger partial charge in [0.1, 0.15) is 11.1 Å². The molecule has 3 aromatic rings. The summed E-state index contributed by atoms with van der Waals surface area (Å²) in [6.45, 7) is 3.53. The third kappa shape index (κ3) is 4.47. The van der Waals surface area contributed by atoms with Crippen molar-refractivity contribution in [1.82, 2.24) is 10.0 Å². The van der Waals surface area contributed by atoms with Crippen LogP contribution in [-0.4, -0.2) is 20.4 Å². The van der Waals surface area contributed by atoms with E-state index in [1.165, 1.54) is 18.2 Å². The summed E-state index contributed by atoms with van der Waals surface area (Å²) < 4.78 is 32.2. The smallest absolute Gasteiger partial charge is 0.349 e. The lowest BCUT2D eigenvalue weighted by Crippen LogP contribution is -2.30. The van der Waals surface area contributed by atoms with Crippen LogP contribution < -0.4 is 15.7 Å². The lowest BCUT2D eigenvalue weighted by molar-refractivity contribution is 0.0947. The first kappa shape index (κ1) is 19.8. The van der Waals surface area contributed by atoms with Gasteiger partial charge in [0.05, 0.1) is 4.90 Å². The number of nitrogens with one attached hydrogen (secondary N) is 2. The molecule has 3 rings (SSSR count). The number of carbonyl (C=O) groups excluding carboxylic acids is 1. The highest BCUT2D eigenvalue weighted by Gasteiger charge is 2.17. The van der Waals surface area contributed by atoms with Crippen molar-refractivity contribution in [1.29, 1.82) is 0 Å². The maximum absolute atomic E-state index is 12.4. The van der Waals surface area contributed by atoms with Crippen LogP contribution in [0.3, 0.4) is 0 Å². The van der Waals surface area contributed by atoms with Crippen molar-refractivity contribution >= 4 is 26.9 Å². The molecule has 146 valence electrons. The Labute approximate surface area is 162 Å². The molecule has 0 aliphatic rings. The van der Waals surface area contributed by atoms with E-state index < -0.39 is 21.6 Å². The third-order valence-corrected chi connectivity index (χ3v) is 5.59. The summed E-state index contributed by atoms with van der Waals surface area (Å²) in [5, 5.41) is 3.27. The maximum atomic E-state index is 12.4. The Balaban J connectivity index is 1.78. The Kier molecular flexibility index (Phi) is 5.62. The SMILES string of the molecule is CC(C)NS(=O)(=O)c1cccc(CNC(=O)c2cc3ccccc3oc2=O)c1. The summed E-state index contributed by atoms with van der Waals surface area (Å²) in [5.41, 5.74) is 0.155. The average molecular weight is 400 g/mol. The van der Waals surface area contributed by atoms with Gasteiger partial charge in [0.25, 0.3) is 5.91 Å². The molecule has 0 aliphatic carbocycles. The number of fused-ring (bicyclic) bond motifs is 1. The summed E-state index contributed by atoms with van der Waals surface area (Å²) >= 11 is 0. The summed E-state index contributed by atoms with van der Waals surface area (Å²) in [7, 11) is -3.63. The highest BCUT2D eigenvalue weighted by molar-refractivity contribution is 7.89. The second-order valence-electron chi connectivity index (χ2n) is 6.59. The summed E-state index contributed by atoms with van der Waals surface area (Å²) in [5.74, 6) is -0.590. The molecule has 1 aromatic heterocycles. The van der Waals surface area contributed by atoms with Crippen LogP contribution in [-0.2, 0) is 16.6 Å². The molecule has 0 aliphatic heterocycles. The molecule has 7 nitrogen and oxygen atoms in total. The Bertz CT molecular complexity index is 1180. The highest BCUT2D eigenvalue weighted by Crippen LogP contribution is 2.14. The molecule has 0 radical (unpaired) electrons. The summed E-state index contributed by atoms with van der Waals surface area (Å²) in [6.07, 6.45) is 0. The van der Waals surface area contributed by atoms with E-state index in [2.05, 4.69) is 10.0 Å². The van der Waals surface area contributed by atoms with Crippen LogP contribution in [0.4, 0.5) is 0 Å². The van der Waals surface area contributed by atoms with Gasteiger partial charge in [-0.1, -0.05) is 30.3 Å². The van der Waals surface area contributed by atoms with E-state index >= 15 is 0 Å². The molecule has 28 heavy (non-hydrogen) atoms. The minimum Gasteiger partial charge on any atom is -0.422 e. The molecule has 0 spiro atoms. The van der Waals surface area contributed by atoms with Gasteiger partial charge in [-0.25, -0.2) is 17.9 Å². The van der Waals surface area contributed by atoms with Crippen molar-refractivity contribution in [3.05, 3.63) is 76.1 Å². The van der Waals surface area contributed by atoms with E-state index in [0.717, 1.165) is 0 Å². The number of benzene rings is 2. The number of hydrogen-bond acceptors (Lipinski definition) is 5. The molecule has 0 atom stereocenters. The highest BCUT2D eigenvalue weighted by atomic mass is 32.2. The van der Waals surface area contributed by atoms with Gasteiger partial charge in [-0.3, -0.25) is 4.79 Å². The number of para-hydroxylation sites is 1. The third-order valence-electron chi connectivity index (χ3n) is 3.94. The zero-order chi connectivity index (χ0) is 20.3. The fourth-order valence-electron chi connectivity index (χ4n) is 2.70. The van der Waals surface area contributed by atoms with E-state index in [1.54, 1.807) is 50.2 Å². The number of carbonyl (C=O) groups is 1. The number of hydrogen-bond donors (Lipinski definition) is 2. The minimum absolute atomic E-state index is 0.0656. The van der Waals surface area contributed by atoms with Crippen LogP contribution in [0, 0.1) is 0 Å². The lowest BCUT2D eigenvalue weighted by Gasteiger charge is -2.11. The van der Waals surface area contributed by atoms with Crippen molar-refractivity contribution in [2.45, 2.75) is 31.3 Å². The molecule has 0 saturated carbocycles. The molecule has 2 aromatic carbocycles. The molecule has 1 heterocycles. The van der Waals surface area contributed by atoms with Crippen molar-refractivity contribution < 1.29 is 17.6 Å². The predicted octanol–water partition coefficient (Wildman–Crippen LogP) is 2.41. The van der Waals surface area contributed by atoms with Gasteiger partial charge in [-0.05, 0) is 43.7 Å². The number of rotatable bonds is 6. The second kappa shape index (κ2) is 7.95. The average Bonchev–Trinajstić information content (AvgIpc) is 2.65. The van der Waals surface area contributed by atoms with Crippen LogP contribution in [0.1, 0.15) is 29.8 Å². The van der Waals surface area contributed by atoms with E-state index in [-0.39, 0.29) is 23.0 Å². The van der Waals surface area contributed by atoms with Crippen LogP contribution in [0.25, 0.3) is 11.0 Å². The quantitative estimate of drug-likeness (QED) is 0.618. The first-order valence-corrected chi connectivity index (χ1v) is 10.2. The van der Waals surface area contributed by atoms with E-state index in [1.807, 2.05) is 0 Å². The molecule has 2 N–H and O–H groups in total. The summed E-state index contributed by atoms with van der Waals surface area (Å²) in [4.78, 5) is 24.6. The first-order chi connectivity index (χ1) is 13.3. The van der Waals surface area contributed by atoms with Crippen LogP contribution in [0.5, 0.6) is 0 Å². The van der Waals surface area contributed by atoms with Gasteiger partial charge in [0, 0.05) is 18.0 Å². The van der Waals surface area contributed by atoms with Crippen LogP contribution in [0.15, 0.2) is 68.7 Å². The molecular weight excluding hydrogens is 380 g/mol. The van der Waals surface area contributed by atoms with Crippen LogP contribution >= 0.6 is 0 Å². The Morgan fingerprint density at radius 2 is 1.82 bits per heavy atom. The minimum atomic E-state index is -3.63. The van der Waals surface area contributed by atoms with Crippen molar-refractivity contribution in [3.8, 4) is 0 Å². The topological polar surface area (TPSA) is 105 Å².